The molecule has 0 saturated heterocycles. The summed E-state index contributed by atoms with van der Waals surface area (Å²) in [5, 5.41) is 0. The summed E-state index contributed by atoms with van der Waals surface area (Å²) in [7, 11) is 3.23. The summed E-state index contributed by atoms with van der Waals surface area (Å²) in [6.45, 7) is 0. The van der Waals surface area contributed by atoms with E-state index in [1.54, 1.807) is 14.2 Å². The molecule has 0 amide bonds. The molecule has 1 aromatic rings. The SMILES string of the molecule is COc1ccc(OC)c(C(=O)C2CC3CCC2C3)c1. The summed E-state index contributed by atoms with van der Waals surface area (Å²) < 4.78 is 10.6. The fraction of sp³-hybridized carbons (Fsp3) is 0.562. The molecule has 0 spiro atoms. The van der Waals surface area contributed by atoms with Gasteiger partial charge in [0.2, 0.25) is 0 Å². The maximum atomic E-state index is 12.7. The number of Topliss-reactive ketones (excluding diaryl/α,β-unsaturated/α-hetero) is 1. The predicted molar refractivity (Wildman–Crippen MR) is 72.8 cm³/mol. The number of carbonyl (C=O) groups excluding carboxylic acids is 1. The van der Waals surface area contributed by atoms with Gasteiger partial charge in [-0.25, -0.2) is 0 Å². The lowest BCUT2D eigenvalue weighted by Crippen LogP contribution is -2.21. The summed E-state index contributed by atoms with van der Waals surface area (Å²) in [4.78, 5) is 12.7. The summed E-state index contributed by atoms with van der Waals surface area (Å²) in [6, 6.07) is 5.46. The molecule has 1 aromatic carbocycles. The molecule has 2 fully saturated rings. The van der Waals surface area contributed by atoms with E-state index in [0.717, 1.165) is 12.3 Å². The Morgan fingerprint density at radius 1 is 1.16 bits per heavy atom. The van der Waals surface area contributed by atoms with Gasteiger partial charge in [0.05, 0.1) is 19.8 Å². The molecule has 3 rings (SSSR count). The van der Waals surface area contributed by atoms with Crippen molar-refractivity contribution in [1.29, 1.82) is 0 Å². The van der Waals surface area contributed by atoms with Crippen LogP contribution in [0, 0.1) is 17.8 Å². The van der Waals surface area contributed by atoms with E-state index in [0.29, 0.717) is 23.0 Å². The molecular weight excluding hydrogens is 240 g/mol. The Hall–Kier alpha value is -1.51. The van der Waals surface area contributed by atoms with Gasteiger partial charge >= 0.3 is 0 Å². The number of benzene rings is 1. The Balaban J connectivity index is 1.90. The van der Waals surface area contributed by atoms with Crippen LogP contribution < -0.4 is 9.47 Å². The first-order valence-electron chi connectivity index (χ1n) is 6.99. The number of hydrogen-bond acceptors (Lipinski definition) is 3. The Kier molecular flexibility index (Phi) is 3.21. The lowest BCUT2D eigenvalue weighted by Gasteiger charge is -2.21. The third kappa shape index (κ3) is 2.11. The van der Waals surface area contributed by atoms with Crippen LogP contribution in [0.25, 0.3) is 0 Å². The predicted octanol–water partition coefficient (Wildman–Crippen LogP) is 3.32. The van der Waals surface area contributed by atoms with Gasteiger partial charge in [-0.1, -0.05) is 6.42 Å². The zero-order chi connectivity index (χ0) is 13.4. The molecule has 3 atom stereocenters. The minimum absolute atomic E-state index is 0.194. The molecule has 19 heavy (non-hydrogen) atoms. The van der Waals surface area contributed by atoms with Crippen LogP contribution in [0.2, 0.25) is 0 Å². The van der Waals surface area contributed by atoms with Crippen molar-refractivity contribution < 1.29 is 14.3 Å². The molecule has 2 bridgehead atoms. The van der Waals surface area contributed by atoms with E-state index < -0.39 is 0 Å². The zero-order valence-electron chi connectivity index (χ0n) is 11.5. The monoisotopic (exact) mass is 260 g/mol. The van der Waals surface area contributed by atoms with Gasteiger partial charge in [-0.05, 0) is 49.3 Å². The fourth-order valence-electron chi connectivity index (χ4n) is 3.77. The van der Waals surface area contributed by atoms with Gasteiger partial charge in [0, 0.05) is 5.92 Å². The van der Waals surface area contributed by atoms with Crippen LogP contribution in [-0.4, -0.2) is 20.0 Å². The molecule has 3 heteroatoms. The third-order valence-corrected chi connectivity index (χ3v) is 4.75. The first-order chi connectivity index (χ1) is 9.22. The maximum absolute atomic E-state index is 12.7. The third-order valence-electron chi connectivity index (χ3n) is 4.75. The number of ether oxygens (including phenoxy) is 2. The molecule has 102 valence electrons. The van der Waals surface area contributed by atoms with Crippen molar-refractivity contribution >= 4 is 5.78 Å². The second-order valence-corrected chi connectivity index (χ2v) is 5.71. The van der Waals surface area contributed by atoms with Crippen molar-refractivity contribution in [2.45, 2.75) is 25.7 Å². The Bertz CT molecular complexity index is 495. The Labute approximate surface area is 113 Å². The smallest absolute Gasteiger partial charge is 0.170 e. The molecule has 3 unspecified atom stereocenters. The van der Waals surface area contributed by atoms with Crippen molar-refractivity contribution in [1.82, 2.24) is 0 Å². The molecule has 0 heterocycles. The van der Waals surface area contributed by atoms with Crippen LogP contribution in [-0.2, 0) is 0 Å². The van der Waals surface area contributed by atoms with Gasteiger partial charge in [0.15, 0.2) is 5.78 Å². The van der Waals surface area contributed by atoms with E-state index in [4.69, 9.17) is 9.47 Å². The molecule has 2 saturated carbocycles. The molecule has 2 aliphatic rings. The average molecular weight is 260 g/mol. The number of ketones is 1. The molecule has 2 aliphatic carbocycles. The van der Waals surface area contributed by atoms with Gasteiger partial charge in [0.25, 0.3) is 0 Å². The Morgan fingerprint density at radius 3 is 2.58 bits per heavy atom. The van der Waals surface area contributed by atoms with E-state index in [9.17, 15) is 4.79 Å². The van der Waals surface area contributed by atoms with Crippen molar-refractivity contribution in [2.75, 3.05) is 14.2 Å². The number of carbonyl (C=O) groups is 1. The number of methoxy groups -OCH3 is 2. The first kappa shape index (κ1) is 12.5. The van der Waals surface area contributed by atoms with Gasteiger partial charge in [-0.2, -0.15) is 0 Å². The molecule has 0 aliphatic heterocycles. The lowest BCUT2D eigenvalue weighted by atomic mass is 9.83. The largest absolute Gasteiger partial charge is 0.497 e. The fourth-order valence-corrected chi connectivity index (χ4v) is 3.77. The van der Waals surface area contributed by atoms with Crippen molar-refractivity contribution in [3.63, 3.8) is 0 Å². The summed E-state index contributed by atoms with van der Waals surface area (Å²) in [5.41, 5.74) is 0.680. The van der Waals surface area contributed by atoms with E-state index in [1.807, 2.05) is 18.2 Å². The zero-order valence-corrected chi connectivity index (χ0v) is 11.5. The molecule has 0 aromatic heterocycles. The standard InChI is InChI=1S/C16H20O3/c1-18-12-5-6-15(19-2)14(9-12)16(17)13-8-10-3-4-11(13)7-10/h5-6,9-11,13H,3-4,7-8H2,1-2H3. The topological polar surface area (TPSA) is 35.5 Å². The second kappa shape index (κ2) is 4.87. The van der Waals surface area contributed by atoms with Gasteiger partial charge < -0.3 is 9.47 Å². The van der Waals surface area contributed by atoms with Gasteiger partial charge in [-0.3, -0.25) is 4.79 Å². The van der Waals surface area contributed by atoms with E-state index >= 15 is 0 Å². The highest BCUT2D eigenvalue weighted by Crippen LogP contribution is 2.49. The summed E-state index contributed by atoms with van der Waals surface area (Å²) in [6.07, 6.45) is 4.82. The van der Waals surface area contributed by atoms with Crippen LogP contribution in [0.1, 0.15) is 36.0 Å². The van der Waals surface area contributed by atoms with E-state index in [-0.39, 0.29) is 11.7 Å². The van der Waals surface area contributed by atoms with Crippen LogP contribution in [0.15, 0.2) is 18.2 Å². The first-order valence-corrected chi connectivity index (χ1v) is 6.99. The minimum atomic E-state index is 0.194. The minimum Gasteiger partial charge on any atom is -0.497 e. The Morgan fingerprint density at radius 2 is 2.00 bits per heavy atom. The van der Waals surface area contributed by atoms with E-state index in [2.05, 4.69) is 0 Å². The van der Waals surface area contributed by atoms with Crippen molar-refractivity contribution in [3.05, 3.63) is 23.8 Å². The highest BCUT2D eigenvalue weighted by atomic mass is 16.5. The molecular formula is C16H20O3. The van der Waals surface area contributed by atoms with Crippen LogP contribution in [0.5, 0.6) is 11.5 Å². The van der Waals surface area contributed by atoms with Crippen LogP contribution in [0.4, 0.5) is 0 Å². The normalized spacial score (nSPS) is 28.4. The van der Waals surface area contributed by atoms with Crippen LogP contribution in [0.3, 0.4) is 0 Å². The lowest BCUT2D eigenvalue weighted by molar-refractivity contribution is 0.0871. The average Bonchev–Trinajstić information content (AvgIpc) is 3.08. The summed E-state index contributed by atoms with van der Waals surface area (Å²) >= 11 is 0. The van der Waals surface area contributed by atoms with Gasteiger partial charge in [0.1, 0.15) is 11.5 Å². The van der Waals surface area contributed by atoms with Crippen molar-refractivity contribution in [2.24, 2.45) is 17.8 Å². The number of rotatable bonds is 4. The van der Waals surface area contributed by atoms with E-state index in [1.165, 1.54) is 19.3 Å². The number of hydrogen-bond donors (Lipinski definition) is 0. The van der Waals surface area contributed by atoms with Crippen molar-refractivity contribution in [3.8, 4) is 11.5 Å². The highest BCUT2D eigenvalue weighted by molar-refractivity contribution is 6.01. The second-order valence-electron chi connectivity index (χ2n) is 5.71. The summed E-state index contributed by atoms with van der Waals surface area (Å²) in [5.74, 6) is 3.17. The molecule has 0 radical (unpaired) electrons. The van der Waals surface area contributed by atoms with Crippen LogP contribution >= 0.6 is 0 Å². The highest BCUT2D eigenvalue weighted by Gasteiger charge is 2.43. The maximum Gasteiger partial charge on any atom is 0.170 e. The quantitative estimate of drug-likeness (QED) is 0.779. The molecule has 3 nitrogen and oxygen atoms in total. The molecule has 0 N–H and O–H groups in total. The van der Waals surface area contributed by atoms with Gasteiger partial charge in [-0.15, -0.1) is 0 Å². The number of fused-ring (bicyclic) bond motifs is 2.